The van der Waals surface area contributed by atoms with Gasteiger partial charge in [-0.2, -0.15) is 17.0 Å². The Bertz CT molecular complexity index is 841. The number of rotatable bonds is 10. The fourth-order valence-corrected chi connectivity index (χ4v) is 7.08. The van der Waals surface area contributed by atoms with E-state index < -0.39 is 10.2 Å². The highest BCUT2D eigenvalue weighted by atomic mass is 79.9. The Morgan fingerprint density at radius 1 is 1.12 bits per heavy atom. The van der Waals surface area contributed by atoms with Gasteiger partial charge in [-0.3, -0.25) is 0 Å². The smallest absolute Gasteiger partial charge is 0.281 e. The maximum Gasteiger partial charge on any atom is 0.281 e. The molecule has 1 aromatic carbocycles. The molecule has 1 aromatic rings. The van der Waals surface area contributed by atoms with Crippen molar-refractivity contribution < 1.29 is 13.2 Å². The largest absolute Gasteiger partial charge is 0.497 e. The lowest BCUT2D eigenvalue weighted by molar-refractivity contribution is 0.193. The number of methoxy groups -OCH3 is 1. The van der Waals surface area contributed by atoms with E-state index in [0.29, 0.717) is 12.5 Å². The molecule has 6 nitrogen and oxygen atoms in total. The van der Waals surface area contributed by atoms with Crippen LogP contribution in [-0.2, 0) is 16.6 Å². The number of hydrogen-bond acceptors (Lipinski definition) is 4. The first-order valence-corrected chi connectivity index (χ1v) is 14.2. The second-order valence-corrected chi connectivity index (χ2v) is 12.5. The van der Waals surface area contributed by atoms with Gasteiger partial charge in [0, 0.05) is 37.7 Å². The maximum absolute atomic E-state index is 12.6. The van der Waals surface area contributed by atoms with Crippen molar-refractivity contribution in [3.63, 3.8) is 0 Å². The summed E-state index contributed by atoms with van der Waals surface area (Å²) in [5, 5.41) is 0. The predicted molar refractivity (Wildman–Crippen MR) is 134 cm³/mol. The summed E-state index contributed by atoms with van der Waals surface area (Å²) < 4.78 is 34.8. The van der Waals surface area contributed by atoms with Crippen LogP contribution in [0.3, 0.4) is 0 Å². The van der Waals surface area contributed by atoms with Crippen LogP contribution in [-0.4, -0.2) is 75.4 Å². The van der Waals surface area contributed by atoms with E-state index in [-0.39, 0.29) is 6.04 Å². The standard InChI is InChI=1S/C24H40BrN3O3S/c1-5-28(32(29,30)26(2)3)22-8-6-19(7-9-22)12-14-27-15-13-20(18-27)16-21-17-23(31-4)10-11-24(21)25/h10-11,17,19-20,22H,5-9,12-16,18H2,1-4H3. The van der Waals surface area contributed by atoms with Crippen LogP contribution in [0.15, 0.2) is 22.7 Å². The Balaban J connectivity index is 1.42. The van der Waals surface area contributed by atoms with Crippen LogP contribution >= 0.6 is 15.9 Å². The van der Waals surface area contributed by atoms with E-state index >= 15 is 0 Å². The van der Waals surface area contributed by atoms with Crippen LogP contribution in [0, 0.1) is 11.8 Å². The van der Waals surface area contributed by atoms with Crippen LogP contribution in [0.25, 0.3) is 0 Å². The van der Waals surface area contributed by atoms with Crippen LogP contribution in [0.4, 0.5) is 0 Å². The molecule has 1 atom stereocenters. The third-order valence-corrected chi connectivity index (χ3v) is 10.1. The summed E-state index contributed by atoms with van der Waals surface area (Å²) >= 11 is 3.69. The second kappa shape index (κ2) is 11.6. The highest BCUT2D eigenvalue weighted by Crippen LogP contribution is 2.33. The van der Waals surface area contributed by atoms with Crippen molar-refractivity contribution >= 4 is 26.1 Å². The molecule has 0 N–H and O–H groups in total. The first-order chi connectivity index (χ1) is 15.2. The first kappa shape index (κ1) is 25.9. The van der Waals surface area contributed by atoms with Crippen LogP contribution in [0.1, 0.15) is 51.0 Å². The third-order valence-electron chi connectivity index (χ3n) is 7.28. The van der Waals surface area contributed by atoms with E-state index in [9.17, 15) is 8.42 Å². The minimum atomic E-state index is -3.32. The van der Waals surface area contributed by atoms with Crippen LogP contribution in [0.5, 0.6) is 5.75 Å². The van der Waals surface area contributed by atoms with Crippen molar-refractivity contribution in [2.24, 2.45) is 11.8 Å². The molecular formula is C24H40BrN3O3S. The molecule has 1 aliphatic carbocycles. The molecule has 0 spiro atoms. The zero-order valence-electron chi connectivity index (χ0n) is 20.1. The topological polar surface area (TPSA) is 53.1 Å². The maximum atomic E-state index is 12.6. The molecule has 0 aromatic heterocycles. The summed E-state index contributed by atoms with van der Waals surface area (Å²) in [6, 6.07) is 6.39. The second-order valence-electron chi connectivity index (χ2n) is 9.57. The van der Waals surface area contributed by atoms with Crippen molar-refractivity contribution in [1.82, 2.24) is 13.5 Å². The van der Waals surface area contributed by atoms with E-state index in [0.717, 1.165) is 43.8 Å². The van der Waals surface area contributed by atoms with Crippen molar-refractivity contribution in [2.75, 3.05) is 47.4 Å². The molecule has 32 heavy (non-hydrogen) atoms. The van der Waals surface area contributed by atoms with Crippen LogP contribution < -0.4 is 4.74 Å². The lowest BCUT2D eigenvalue weighted by atomic mass is 9.84. The lowest BCUT2D eigenvalue weighted by Gasteiger charge is -2.37. The van der Waals surface area contributed by atoms with Crippen molar-refractivity contribution in [3.8, 4) is 5.75 Å². The first-order valence-electron chi connectivity index (χ1n) is 12.0. The number of nitrogens with zero attached hydrogens (tertiary/aromatic N) is 3. The summed E-state index contributed by atoms with van der Waals surface area (Å²) in [5.74, 6) is 2.34. The van der Waals surface area contributed by atoms with E-state index in [2.05, 4.69) is 33.0 Å². The highest BCUT2D eigenvalue weighted by molar-refractivity contribution is 9.10. The highest BCUT2D eigenvalue weighted by Gasteiger charge is 2.33. The third kappa shape index (κ3) is 6.47. The molecule has 0 radical (unpaired) electrons. The van der Waals surface area contributed by atoms with Gasteiger partial charge in [-0.1, -0.05) is 22.9 Å². The molecule has 8 heteroatoms. The molecular weight excluding hydrogens is 490 g/mol. The van der Waals surface area contributed by atoms with E-state index in [1.807, 2.05) is 13.0 Å². The molecule has 2 fully saturated rings. The van der Waals surface area contributed by atoms with E-state index in [1.165, 1.54) is 46.8 Å². The molecule has 1 aliphatic heterocycles. The lowest BCUT2D eigenvalue weighted by Crippen LogP contribution is -2.47. The van der Waals surface area contributed by atoms with Gasteiger partial charge >= 0.3 is 0 Å². The molecule has 0 amide bonds. The van der Waals surface area contributed by atoms with Crippen molar-refractivity contribution in [1.29, 1.82) is 0 Å². The molecule has 182 valence electrons. The van der Waals surface area contributed by atoms with Crippen LogP contribution in [0.2, 0.25) is 0 Å². The molecule has 3 rings (SSSR count). The zero-order valence-corrected chi connectivity index (χ0v) is 22.5. The molecule has 2 aliphatic rings. The van der Waals surface area contributed by atoms with Gasteiger partial charge in [0.15, 0.2) is 0 Å². The predicted octanol–water partition coefficient (Wildman–Crippen LogP) is 4.40. The average Bonchev–Trinajstić information content (AvgIpc) is 3.22. The number of hydrogen-bond donors (Lipinski definition) is 0. The molecule has 1 heterocycles. The molecule has 0 bridgehead atoms. The molecule has 1 saturated heterocycles. The zero-order chi connectivity index (χ0) is 23.3. The van der Waals surface area contributed by atoms with Gasteiger partial charge in [0.05, 0.1) is 7.11 Å². The Hall–Kier alpha value is -0.670. The van der Waals surface area contributed by atoms with Gasteiger partial charge in [-0.15, -0.1) is 0 Å². The number of ether oxygens (including phenoxy) is 1. The quantitative estimate of drug-likeness (QED) is 0.450. The van der Waals surface area contributed by atoms with Crippen molar-refractivity contribution in [2.45, 2.75) is 57.9 Å². The Morgan fingerprint density at radius 2 is 1.84 bits per heavy atom. The summed E-state index contributed by atoms with van der Waals surface area (Å²) in [6.07, 6.45) is 7.82. The molecule has 1 unspecified atom stereocenters. The fourth-order valence-electron chi connectivity index (χ4n) is 5.33. The van der Waals surface area contributed by atoms with Gasteiger partial charge in [0.25, 0.3) is 10.2 Å². The minimum absolute atomic E-state index is 0.154. The van der Waals surface area contributed by atoms with Gasteiger partial charge < -0.3 is 9.64 Å². The fraction of sp³-hybridized carbons (Fsp3) is 0.750. The summed E-state index contributed by atoms with van der Waals surface area (Å²) in [5.41, 5.74) is 1.34. The Labute approximate surface area is 203 Å². The number of likely N-dealkylation sites (tertiary alicyclic amines) is 1. The molecule has 1 saturated carbocycles. The number of benzene rings is 1. The summed E-state index contributed by atoms with van der Waals surface area (Å²) in [4.78, 5) is 2.62. The van der Waals surface area contributed by atoms with Gasteiger partial charge in [-0.05, 0) is 93.6 Å². The van der Waals surface area contributed by atoms with Gasteiger partial charge in [0.1, 0.15) is 5.75 Å². The van der Waals surface area contributed by atoms with Gasteiger partial charge in [-0.25, -0.2) is 0 Å². The van der Waals surface area contributed by atoms with Crippen molar-refractivity contribution in [3.05, 3.63) is 28.2 Å². The minimum Gasteiger partial charge on any atom is -0.497 e. The Kier molecular flexibility index (Phi) is 9.44. The van der Waals surface area contributed by atoms with E-state index in [1.54, 1.807) is 25.5 Å². The van der Waals surface area contributed by atoms with Gasteiger partial charge in [0.2, 0.25) is 0 Å². The summed E-state index contributed by atoms with van der Waals surface area (Å²) in [7, 11) is 1.65. The Morgan fingerprint density at radius 3 is 2.47 bits per heavy atom. The SMILES string of the molecule is CCN(C1CCC(CCN2CCC(Cc3cc(OC)ccc3Br)C2)CC1)S(=O)(=O)N(C)C. The number of halogens is 1. The summed E-state index contributed by atoms with van der Waals surface area (Å²) in [6.45, 7) is 6.02. The average molecular weight is 531 g/mol. The monoisotopic (exact) mass is 529 g/mol. The normalized spacial score (nSPS) is 25.0. The van der Waals surface area contributed by atoms with E-state index in [4.69, 9.17) is 4.74 Å².